The second-order valence-corrected chi connectivity index (χ2v) is 4.51. The summed E-state index contributed by atoms with van der Waals surface area (Å²) >= 11 is 0.563. The van der Waals surface area contributed by atoms with Gasteiger partial charge < -0.3 is 14.8 Å². The van der Waals surface area contributed by atoms with Crippen LogP contribution in [-0.2, 0) is 12.7 Å². The molecule has 20 heavy (non-hydrogen) atoms. The Kier molecular flexibility index (Phi) is 3.66. The molecular formula is C10H8F3N3O3S. The lowest BCUT2D eigenvalue weighted by atomic mass is 10.2. The van der Waals surface area contributed by atoms with Gasteiger partial charge in [-0.15, -0.1) is 0 Å². The number of carboxylic acids is 1. The van der Waals surface area contributed by atoms with Gasteiger partial charge in [0.2, 0.25) is 11.0 Å². The summed E-state index contributed by atoms with van der Waals surface area (Å²) in [6, 6.07) is 1.30. The zero-order valence-electron chi connectivity index (χ0n) is 9.98. The molecule has 2 heterocycles. The minimum Gasteiger partial charge on any atom is -0.478 e. The molecule has 0 bridgehead atoms. The number of aromatic carboxylic acids is 1. The molecule has 2 rings (SSSR count). The average molecular weight is 307 g/mol. The van der Waals surface area contributed by atoms with Crippen LogP contribution in [0.1, 0.15) is 27.7 Å². The Labute approximate surface area is 114 Å². The van der Waals surface area contributed by atoms with Crippen molar-refractivity contribution in [2.45, 2.75) is 19.6 Å². The van der Waals surface area contributed by atoms with Gasteiger partial charge in [0.25, 0.3) is 0 Å². The monoisotopic (exact) mass is 307 g/mol. The van der Waals surface area contributed by atoms with Crippen LogP contribution in [-0.4, -0.2) is 20.4 Å². The molecule has 0 aromatic carbocycles. The highest BCUT2D eigenvalue weighted by molar-refractivity contribution is 7.09. The minimum absolute atomic E-state index is 0.00930. The fraction of sp³-hybridized carbons (Fsp3) is 0.300. The molecule has 0 fully saturated rings. The molecule has 10 heteroatoms. The van der Waals surface area contributed by atoms with E-state index in [2.05, 4.69) is 14.7 Å². The molecule has 2 aromatic heterocycles. The predicted molar refractivity (Wildman–Crippen MR) is 62.6 cm³/mol. The number of hydrogen-bond acceptors (Lipinski definition) is 6. The van der Waals surface area contributed by atoms with Gasteiger partial charge in [-0.05, 0) is 13.0 Å². The molecule has 2 N–H and O–H groups in total. The van der Waals surface area contributed by atoms with Crippen molar-refractivity contribution in [2.75, 3.05) is 5.32 Å². The van der Waals surface area contributed by atoms with Crippen molar-refractivity contribution in [3.05, 3.63) is 29.0 Å². The number of nitrogens with zero attached hydrogens (tertiary/aromatic N) is 2. The summed E-state index contributed by atoms with van der Waals surface area (Å²) in [5.41, 5.74) is 0.00930. The fourth-order valence-corrected chi connectivity index (χ4v) is 2.00. The first-order chi connectivity index (χ1) is 9.27. The van der Waals surface area contributed by atoms with Gasteiger partial charge in [0, 0.05) is 11.5 Å². The molecule has 0 unspecified atom stereocenters. The van der Waals surface area contributed by atoms with Crippen LogP contribution in [0.5, 0.6) is 0 Å². The standard InChI is InChI=1S/C10H8F3N3O3S/c1-4-6(7(17)18)2-5(19-4)3-14-9-15-8(16-20-9)10(11,12)13/h2H,3H2,1H3,(H,17,18)(H,14,15,16). The predicted octanol–water partition coefficient (Wildman–Crippen LogP) is 2.77. The quantitative estimate of drug-likeness (QED) is 0.903. The smallest absolute Gasteiger partial charge is 0.452 e. The lowest BCUT2D eigenvalue weighted by Crippen LogP contribution is -2.07. The first kappa shape index (κ1) is 14.3. The van der Waals surface area contributed by atoms with Crippen LogP contribution >= 0.6 is 11.5 Å². The molecule has 0 aliphatic rings. The molecule has 0 atom stereocenters. The van der Waals surface area contributed by atoms with E-state index in [1.807, 2.05) is 0 Å². The van der Waals surface area contributed by atoms with E-state index in [0.29, 0.717) is 11.5 Å². The highest BCUT2D eigenvalue weighted by atomic mass is 32.1. The van der Waals surface area contributed by atoms with E-state index in [0.717, 1.165) is 0 Å². The molecule has 0 spiro atoms. The maximum absolute atomic E-state index is 12.3. The number of hydrogen-bond donors (Lipinski definition) is 2. The molecule has 0 aliphatic heterocycles. The Bertz CT molecular complexity index is 635. The van der Waals surface area contributed by atoms with Crippen LogP contribution in [0.3, 0.4) is 0 Å². The number of aryl methyl sites for hydroxylation is 1. The Morgan fingerprint density at radius 2 is 2.25 bits per heavy atom. The van der Waals surface area contributed by atoms with Crippen LogP contribution in [0, 0.1) is 6.92 Å². The van der Waals surface area contributed by atoms with Crippen LogP contribution in [0.15, 0.2) is 10.5 Å². The third-order valence-corrected chi connectivity index (χ3v) is 2.97. The van der Waals surface area contributed by atoms with Crippen LogP contribution in [0.25, 0.3) is 0 Å². The molecule has 2 aromatic rings. The van der Waals surface area contributed by atoms with E-state index >= 15 is 0 Å². The highest BCUT2D eigenvalue weighted by Crippen LogP contribution is 2.29. The van der Waals surface area contributed by atoms with Gasteiger partial charge in [-0.3, -0.25) is 0 Å². The average Bonchev–Trinajstić information content (AvgIpc) is 2.91. The Morgan fingerprint density at radius 1 is 1.55 bits per heavy atom. The highest BCUT2D eigenvalue weighted by Gasteiger charge is 2.36. The van der Waals surface area contributed by atoms with E-state index < -0.39 is 18.0 Å². The number of aromatic nitrogens is 2. The van der Waals surface area contributed by atoms with E-state index in [1.54, 1.807) is 0 Å². The zero-order valence-corrected chi connectivity index (χ0v) is 10.8. The summed E-state index contributed by atoms with van der Waals surface area (Å²) in [5, 5.41) is 11.4. The van der Waals surface area contributed by atoms with Crippen molar-refractivity contribution in [3.8, 4) is 0 Å². The third kappa shape index (κ3) is 3.07. The maximum atomic E-state index is 12.3. The molecule has 6 nitrogen and oxygen atoms in total. The number of alkyl halides is 3. The minimum atomic E-state index is -4.59. The maximum Gasteiger partial charge on any atom is 0.452 e. The summed E-state index contributed by atoms with van der Waals surface area (Å²) in [5.74, 6) is -1.84. The largest absolute Gasteiger partial charge is 0.478 e. The summed E-state index contributed by atoms with van der Waals surface area (Å²) < 4.78 is 45.2. The number of carboxylic acid groups (broad SMARTS) is 1. The van der Waals surface area contributed by atoms with Gasteiger partial charge >= 0.3 is 12.1 Å². The van der Waals surface area contributed by atoms with E-state index in [-0.39, 0.29) is 28.8 Å². The molecular weight excluding hydrogens is 299 g/mol. The summed E-state index contributed by atoms with van der Waals surface area (Å²) in [6.45, 7) is 1.50. The van der Waals surface area contributed by atoms with Gasteiger partial charge in [-0.2, -0.15) is 22.5 Å². The SMILES string of the molecule is Cc1oc(CNc2nc(C(F)(F)F)ns2)cc1C(=O)O. The molecule has 0 radical (unpaired) electrons. The Morgan fingerprint density at radius 3 is 2.75 bits per heavy atom. The number of furan rings is 1. The lowest BCUT2D eigenvalue weighted by molar-refractivity contribution is -0.144. The van der Waals surface area contributed by atoms with Crippen molar-refractivity contribution in [3.63, 3.8) is 0 Å². The van der Waals surface area contributed by atoms with Gasteiger partial charge in [0.15, 0.2) is 0 Å². The Balaban J connectivity index is 2.04. The second-order valence-electron chi connectivity index (χ2n) is 3.76. The summed E-state index contributed by atoms with van der Waals surface area (Å²) in [6.07, 6.45) is -4.59. The zero-order chi connectivity index (χ0) is 14.9. The number of rotatable bonds is 4. The number of anilines is 1. The third-order valence-electron chi connectivity index (χ3n) is 2.29. The van der Waals surface area contributed by atoms with Crippen molar-refractivity contribution in [1.29, 1.82) is 0 Å². The van der Waals surface area contributed by atoms with Gasteiger partial charge in [0.05, 0.1) is 6.54 Å². The first-order valence-corrected chi connectivity index (χ1v) is 6.02. The van der Waals surface area contributed by atoms with E-state index in [9.17, 15) is 18.0 Å². The van der Waals surface area contributed by atoms with Crippen molar-refractivity contribution < 1.29 is 27.5 Å². The van der Waals surface area contributed by atoms with Crippen LogP contribution in [0.2, 0.25) is 0 Å². The van der Waals surface area contributed by atoms with Crippen LogP contribution in [0.4, 0.5) is 18.3 Å². The van der Waals surface area contributed by atoms with Gasteiger partial charge in [-0.1, -0.05) is 0 Å². The van der Waals surface area contributed by atoms with Crippen LogP contribution < -0.4 is 5.32 Å². The number of nitrogens with one attached hydrogen (secondary N) is 1. The van der Waals surface area contributed by atoms with Crippen molar-refractivity contribution in [1.82, 2.24) is 9.36 Å². The number of halogens is 3. The second kappa shape index (κ2) is 5.12. The molecule has 0 amide bonds. The van der Waals surface area contributed by atoms with E-state index in [1.165, 1.54) is 13.0 Å². The Hall–Kier alpha value is -2.10. The summed E-state index contributed by atoms with van der Waals surface area (Å²) in [4.78, 5) is 14.1. The normalized spacial score (nSPS) is 11.6. The lowest BCUT2D eigenvalue weighted by Gasteiger charge is -1.99. The van der Waals surface area contributed by atoms with E-state index in [4.69, 9.17) is 9.52 Å². The topological polar surface area (TPSA) is 88.3 Å². The first-order valence-electron chi connectivity index (χ1n) is 5.24. The van der Waals surface area contributed by atoms with Crippen molar-refractivity contribution >= 4 is 22.6 Å². The molecule has 0 saturated heterocycles. The van der Waals surface area contributed by atoms with Gasteiger partial charge in [0.1, 0.15) is 17.1 Å². The summed E-state index contributed by atoms with van der Waals surface area (Å²) in [7, 11) is 0. The molecule has 108 valence electrons. The molecule has 0 saturated carbocycles. The molecule has 0 aliphatic carbocycles. The fourth-order valence-electron chi connectivity index (χ4n) is 1.42. The van der Waals surface area contributed by atoms with Gasteiger partial charge in [-0.25, -0.2) is 4.79 Å². The number of carbonyl (C=O) groups is 1. The van der Waals surface area contributed by atoms with Crippen molar-refractivity contribution in [2.24, 2.45) is 0 Å².